The average molecular weight is 203 g/mol. The molecule has 1 N–H and O–H groups in total. The van der Waals surface area contributed by atoms with Gasteiger partial charge >= 0.3 is 0 Å². The van der Waals surface area contributed by atoms with Gasteiger partial charge in [0.1, 0.15) is 5.82 Å². The number of hydrogen-bond donors (Lipinski definition) is 1. The van der Waals surface area contributed by atoms with Gasteiger partial charge < -0.3 is 5.32 Å². The van der Waals surface area contributed by atoms with E-state index in [4.69, 9.17) is 4.98 Å². The number of nitrogens with one attached hydrogen (secondary N) is 1. The van der Waals surface area contributed by atoms with E-state index < -0.39 is 0 Å². The molecule has 80 valence electrons. The molecule has 0 amide bonds. The number of hydrogen-bond acceptors (Lipinski definition) is 3. The Kier molecular flexibility index (Phi) is 2.41. The number of aromatic nitrogens is 2. The van der Waals surface area contributed by atoms with Crippen LogP contribution in [0.15, 0.2) is 12.3 Å². The Bertz CT molecular complexity index is 340. The van der Waals surface area contributed by atoms with Crippen molar-refractivity contribution < 1.29 is 0 Å². The van der Waals surface area contributed by atoms with Gasteiger partial charge in [-0.2, -0.15) is 0 Å². The highest BCUT2D eigenvalue weighted by atomic mass is 14.9. The normalized spacial score (nSPS) is 22.9. The van der Waals surface area contributed by atoms with Gasteiger partial charge in [-0.05, 0) is 44.8 Å². The quantitative estimate of drug-likeness (QED) is 0.796. The highest BCUT2D eigenvalue weighted by Gasteiger charge is 2.27. The maximum Gasteiger partial charge on any atom is 0.131 e. The molecule has 1 aromatic heterocycles. The topological polar surface area (TPSA) is 37.8 Å². The van der Waals surface area contributed by atoms with Gasteiger partial charge in [-0.15, -0.1) is 0 Å². The maximum atomic E-state index is 4.72. The second-order valence-corrected chi connectivity index (χ2v) is 4.64. The monoisotopic (exact) mass is 203 g/mol. The summed E-state index contributed by atoms with van der Waals surface area (Å²) in [6.07, 6.45) is 6.96. The van der Waals surface area contributed by atoms with Crippen LogP contribution < -0.4 is 5.32 Å². The number of rotatable bonds is 2. The molecule has 3 rings (SSSR count). The van der Waals surface area contributed by atoms with Crippen LogP contribution in [0.25, 0.3) is 0 Å². The van der Waals surface area contributed by atoms with Crippen molar-refractivity contribution in [3.63, 3.8) is 0 Å². The minimum atomic E-state index is 0.659. The molecule has 15 heavy (non-hydrogen) atoms. The van der Waals surface area contributed by atoms with E-state index in [2.05, 4.69) is 16.4 Å². The average Bonchev–Trinajstić information content (AvgIpc) is 3.14. The summed E-state index contributed by atoms with van der Waals surface area (Å²) in [6, 6.07) is 2.10. The van der Waals surface area contributed by atoms with Crippen molar-refractivity contribution in [3.8, 4) is 0 Å². The van der Waals surface area contributed by atoms with E-state index in [-0.39, 0.29) is 0 Å². The first-order chi connectivity index (χ1) is 7.43. The van der Waals surface area contributed by atoms with Gasteiger partial charge in [0, 0.05) is 23.7 Å². The molecule has 1 saturated heterocycles. The smallest absolute Gasteiger partial charge is 0.131 e. The Morgan fingerprint density at radius 3 is 2.60 bits per heavy atom. The highest BCUT2D eigenvalue weighted by molar-refractivity contribution is 5.14. The molecule has 1 aliphatic heterocycles. The molecular formula is C12H17N3. The van der Waals surface area contributed by atoms with E-state index in [0.717, 1.165) is 18.9 Å². The maximum absolute atomic E-state index is 4.72. The first-order valence-electron chi connectivity index (χ1n) is 5.97. The lowest BCUT2D eigenvalue weighted by molar-refractivity contribution is 0.451. The van der Waals surface area contributed by atoms with Crippen molar-refractivity contribution in [2.24, 2.45) is 0 Å². The van der Waals surface area contributed by atoms with Crippen LogP contribution in [0.3, 0.4) is 0 Å². The zero-order valence-electron chi connectivity index (χ0n) is 8.95. The Hall–Kier alpha value is -0.960. The zero-order chi connectivity index (χ0) is 10.1. The van der Waals surface area contributed by atoms with Crippen LogP contribution in [0.1, 0.15) is 49.0 Å². The summed E-state index contributed by atoms with van der Waals surface area (Å²) in [4.78, 5) is 9.09. The molecule has 3 nitrogen and oxygen atoms in total. The van der Waals surface area contributed by atoms with Gasteiger partial charge in [0.15, 0.2) is 0 Å². The van der Waals surface area contributed by atoms with Gasteiger partial charge in [-0.3, -0.25) is 0 Å². The van der Waals surface area contributed by atoms with Gasteiger partial charge in [-0.25, -0.2) is 9.97 Å². The molecule has 0 atom stereocenters. The van der Waals surface area contributed by atoms with Crippen LogP contribution in [0.2, 0.25) is 0 Å². The van der Waals surface area contributed by atoms with Crippen LogP contribution in [0, 0.1) is 0 Å². The summed E-state index contributed by atoms with van der Waals surface area (Å²) in [5.41, 5.74) is 1.27. The van der Waals surface area contributed by atoms with Gasteiger partial charge in [-0.1, -0.05) is 0 Å². The minimum Gasteiger partial charge on any atom is -0.317 e. The molecule has 2 aliphatic rings. The second kappa shape index (κ2) is 3.89. The fraction of sp³-hybridized carbons (Fsp3) is 0.667. The lowest BCUT2D eigenvalue weighted by atomic mass is 9.94. The lowest BCUT2D eigenvalue weighted by Gasteiger charge is -2.22. The molecule has 0 aromatic carbocycles. The fourth-order valence-electron chi connectivity index (χ4n) is 2.27. The second-order valence-electron chi connectivity index (χ2n) is 4.64. The molecule has 0 bridgehead atoms. The third-order valence-electron chi connectivity index (χ3n) is 3.40. The van der Waals surface area contributed by atoms with Gasteiger partial charge in [0.25, 0.3) is 0 Å². The van der Waals surface area contributed by atoms with Crippen LogP contribution in [-0.2, 0) is 0 Å². The van der Waals surface area contributed by atoms with Crippen LogP contribution in [0.4, 0.5) is 0 Å². The van der Waals surface area contributed by atoms with Crippen molar-refractivity contribution in [1.29, 1.82) is 0 Å². The van der Waals surface area contributed by atoms with Crippen LogP contribution in [-0.4, -0.2) is 23.1 Å². The van der Waals surface area contributed by atoms with Crippen LogP contribution >= 0.6 is 0 Å². The fourth-order valence-corrected chi connectivity index (χ4v) is 2.27. The molecular weight excluding hydrogens is 186 g/mol. The summed E-state index contributed by atoms with van der Waals surface area (Å²) in [7, 11) is 0. The third kappa shape index (κ3) is 2.02. The van der Waals surface area contributed by atoms with Crippen molar-refractivity contribution in [2.75, 3.05) is 13.1 Å². The Morgan fingerprint density at radius 2 is 1.87 bits per heavy atom. The molecule has 2 heterocycles. The Balaban J connectivity index is 1.80. The highest BCUT2D eigenvalue weighted by Crippen LogP contribution is 2.38. The van der Waals surface area contributed by atoms with E-state index in [1.54, 1.807) is 0 Å². The molecule has 1 saturated carbocycles. The van der Waals surface area contributed by atoms with E-state index in [1.807, 2.05) is 6.20 Å². The molecule has 2 fully saturated rings. The molecule has 0 radical (unpaired) electrons. The first kappa shape index (κ1) is 9.28. The standard InChI is InChI=1S/C12H17N3/c1-2-10(1)12-14-8-5-11(15-12)9-3-6-13-7-4-9/h5,8-10,13H,1-4,6-7H2. The summed E-state index contributed by atoms with van der Waals surface area (Å²) in [6.45, 7) is 2.26. The summed E-state index contributed by atoms with van der Waals surface area (Å²) >= 11 is 0. The van der Waals surface area contributed by atoms with E-state index >= 15 is 0 Å². The summed E-state index contributed by atoms with van der Waals surface area (Å²) in [5, 5.41) is 3.39. The minimum absolute atomic E-state index is 0.659. The summed E-state index contributed by atoms with van der Waals surface area (Å²) < 4.78 is 0. The summed E-state index contributed by atoms with van der Waals surface area (Å²) in [5.74, 6) is 2.42. The Labute approximate surface area is 90.3 Å². The number of nitrogens with zero attached hydrogens (tertiary/aromatic N) is 2. The van der Waals surface area contributed by atoms with E-state index in [9.17, 15) is 0 Å². The largest absolute Gasteiger partial charge is 0.317 e. The predicted molar refractivity (Wildman–Crippen MR) is 58.9 cm³/mol. The third-order valence-corrected chi connectivity index (χ3v) is 3.40. The Morgan fingerprint density at radius 1 is 1.07 bits per heavy atom. The first-order valence-corrected chi connectivity index (χ1v) is 5.97. The zero-order valence-corrected chi connectivity index (χ0v) is 8.95. The molecule has 0 spiro atoms. The van der Waals surface area contributed by atoms with Crippen molar-refractivity contribution in [2.45, 2.75) is 37.5 Å². The van der Waals surface area contributed by atoms with Crippen molar-refractivity contribution in [1.82, 2.24) is 15.3 Å². The van der Waals surface area contributed by atoms with E-state index in [1.165, 1.54) is 31.4 Å². The predicted octanol–water partition coefficient (Wildman–Crippen LogP) is 1.82. The lowest BCUT2D eigenvalue weighted by Crippen LogP contribution is -2.27. The molecule has 1 aromatic rings. The van der Waals surface area contributed by atoms with Gasteiger partial charge in [0.2, 0.25) is 0 Å². The van der Waals surface area contributed by atoms with Gasteiger partial charge in [0.05, 0.1) is 0 Å². The van der Waals surface area contributed by atoms with Crippen LogP contribution in [0.5, 0.6) is 0 Å². The molecule has 0 unspecified atom stereocenters. The van der Waals surface area contributed by atoms with E-state index in [0.29, 0.717) is 11.8 Å². The molecule has 3 heteroatoms. The molecule has 1 aliphatic carbocycles. The van der Waals surface area contributed by atoms with Crippen molar-refractivity contribution in [3.05, 3.63) is 23.8 Å². The SMILES string of the molecule is c1cc(C2CCNCC2)nc(C2CC2)n1. The van der Waals surface area contributed by atoms with Crippen molar-refractivity contribution >= 4 is 0 Å². The number of piperidine rings is 1.